The van der Waals surface area contributed by atoms with Gasteiger partial charge in [-0.1, -0.05) is 11.6 Å². The maximum Gasteiger partial charge on any atom is 0.295 e. The Morgan fingerprint density at radius 2 is 2.17 bits per heavy atom. The van der Waals surface area contributed by atoms with Crippen LogP contribution in [0, 0.1) is 18.6 Å². The lowest BCUT2D eigenvalue weighted by atomic mass is 10.3. The van der Waals surface area contributed by atoms with Crippen LogP contribution in [0.1, 0.15) is 16.4 Å². The number of nitrogens with zero attached hydrogens (tertiary/aromatic N) is 2. The molecule has 0 saturated carbocycles. The van der Waals surface area contributed by atoms with E-state index in [0.29, 0.717) is 11.9 Å². The Labute approximate surface area is 105 Å². The van der Waals surface area contributed by atoms with Gasteiger partial charge in [-0.15, -0.1) is 5.10 Å². The minimum atomic E-state index is -0.972. The van der Waals surface area contributed by atoms with Gasteiger partial charge in [-0.05, 0) is 13.0 Å². The van der Waals surface area contributed by atoms with Gasteiger partial charge < -0.3 is 5.32 Å². The molecule has 0 unspecified atom stereocenters. The summed E-state index contributed by atoms with van der Waals surface area (Å²) in [6.07, 6.45) is 0. The number of rotatable bonds is 2. The fraction of sp³-hybridized carbons (Fsp3) is 0.100. The summed E-state index contributed by atoms with van der Waals surface area (Å²) in [5.74, 6) is -2.27. The first kappa shape index (κ1) is 12.4. The van der Waals surface area contributed by atoms with Crippen LogP contribution < -0.4 is 5.32 Å². The highest BCUT2D eigenvalue weighted by Crippen LogP contribution is 2.26. The van der Waals surface area contributed by atoms with Crippen molar-refractivity contribution in [2.45, 2.75) is 6.92 Å². The zero-order valence-electron chi connectivity index (χ0n) is 9.09. The van der Waals surface area contributed by atoms with Gasteiger partial charge in [0.1, 0.15) is 11.6 Å². The molecule has 2 N–H and O–H groups in total. The predicted octanol–water partition coefficient (Wildman–Crippen LogP) is 2.30. The second kappa shape index (κ2) is 4.69. The number of H-pyrrole nitrogens is 1. The van der Waals surface area contributed by atoms with Gasteiger partial charge in [0.05, 0.1) is 10.7 Å². The molecule has 5 nitrogen and oxygen atoms in total. The van der Waals surface area contributed by atoms with Crippen molar-refractivity contribution in [3.05, 3.63) is 40.4 Å². The van der Waals surface area contributed by atoms with Crippen molar-refractivity contribution in [1.82, 2.24) is 15.2 Å². The van der Waals surface area contributed by atoms with Crippen molar-refractivity contribution in [1.29, 1.82) is 0 Å². The molecular weight excluding hydrogens is 266 g/mol. The molecule has 0 radical (unpaired) electrons. The van der Waals surface area contributed by atoms with Crippen LogP contribution in [0.25, 0.3) is 0 Å². The summed E-state index contributed by atoms with van der Waals surface area (Å²) >= 11 is 5.63. The summed E-state index contributed by atoms with van der Waals surface area (Å²) in [4.78, 5) is 15.4. The molecule has 0 spiro atoms. The number of halogens is 3. The molecule has 0 saturated heterocycles. The summed E-state index contributed by atoms with van der Waals surface area (Å²) in [6, 6.07) is 1.51. The molecule has 0 bridgehead atoms. The van der Waals surface area contributed by atoms with Crippen LogP contribution in [-0.2, 0) is 0 Å². The lowest BCUT2D eigenvalue weighted by molar-refractivity contribution is 0.101. The first-order valence-electron chi connectivity index (χ1n) is 4.82. The highest BCUT2D eigenvalue weighted by Gasteiger charge is 2.16. The Bertz CT molecular complexity index is 591. The van der Waals surface area contributed by atoms with Crippen LogP contribution in [0.15, 0.2) is 12.1 Å². The molecule has 1 heterocycles. The van der Waals surface area contributed by atoms with Gasteiger partial charge in [-0.3, -0.25) is 9.89 Å². The maximum atomic E-state index is 13.4. The average Bonchev–Trinajstić information content (AvgIpc) is 2.70. The van der Waals surface area contributed by atoms with Crippen molar-refractivity contribution in [2.24, 2.45) is 0 Å². The van der Waals surface area contributed by atoms with Gasteiger partial charge in [-0.25, -0.2) is 13.8 Å². The monoisotopic (exact) mass is 272 g/mol. The van der Waals surface area contributed by atoms with E-state index < -0.39 is 17.5 Å². The lowest BCUT2D eigenvalue weighted by Crippen LogP contribution is -2.15. The van der Waals surface area contributed by atoms with Crippen LogP contribution >= 0.6 is 11.6 Å². The molecule has 1 amide bonds. The molecule has 18 heavy (non-hydrogen) atoms. The molecule has 0 aliphatic heterocycles. The van der Waals surface area contributed by atoms with Crippen molar-refractivity contribution in [2.75, 3.05) is 5.32 Å². The summed E-state index contributed by atoms with van der Waals surface area (Å²) in [6.45, 7) is 1.61. The van der Waals surface area contributed by atoms with E-state index in [1.165, 1.54) is 0 Å². The number of carbonyl (C=O) groups is 1. The maximum absolute atomic E-state index is 13.4. The number of amides is 1. The smallest absolute Gasteiger partial charge is 0.295 e. The number of hydrogen-bond donors (Lipinski definition) is 2. The lowest BCUT2D eigenvalue weighted by Gasteiger charge is -2.06. The van der Waals surface area contributed by atoms with E-state index in [9.17, 15) is 13.6 Å². The topological polar surface area (TPSA) is 70.7 Å². The predicted molar refractivity (Wildman–Crippen MR) is 60.4 cm³/mol. The van der Waals surface area contributed by atoms with Crippen LogP contribution in [-0.4, -0.2) is 21.1 Å². The summed E-state index contributed by atoms with van der Waals surface area (Å²) in [5.41, 5.74) is -0.314. The zero-order valence-corrected chi connectivity index (χ0v) is 9.85. The Kier molecular flexibility index (Phi) is 3.24. The molecule has 94 valence electrons. The summed E-state index contributed by atoms with van der Waals surface area (Å²) in [7, 11) is 0. The fourth-order valence-electron chi connectivity index (χ4n) is 1.28. The molecule has 1 aromatic heterocycles. The number of benzene rings is 1. The van der Waals surface area contributed by atoms with Gasteiger partial charge in [0.15, 0.2) is 5.82 Å². The van der Waals surface area contributed by atoms with Gasteiger partial charge in [-0.2, -0.15) is 0 Å². The number of aromatic nitrogens is 3. The highest BCUT2D eigenvalue weighted by atomic mass is 35.5. The van der Waals surface area contributed by atoms with E-state index in [0.717, 1.165) is 6.07 Å². The quantitative estimate of drug-likeness (QED) is 0.881. The SMILES string of the molecule is Cc1nc(C(=O)Nc2c(F)cc(F)cc2Cl)n[nH]1. The normalized spacial score (nSPS) is 10.4. The van der Waals surface area contributed by atoms with Gasteiger partial charge >= 0.3 is 0 Å². The Morgan fingerprint density at radius 1 is 1.44 bits per heavy atom. The molecular formula is C10H7ClF2N4O. The van der Waals surface area contributed by atoms with Crippen LogP contribution in [0.5, 0.6) is 0 Å². The first-order valence-corrected chi connectivity index (χ1v) is 5.20. The Morgan fingerprint density at radius 3 is 2.72 bits per heavy atom. The van der Waals surface area contributed by atoms with Crippen LogP contribution in [0.4, 0.5) is 14.5 Å². The number of hydrogen-bond acceptors (Lipinski definition) is 3. The number of carbonyl (C=O) groups excluding carboxylic acids is 1. The molecule has 0 aliphatic carbocycles. The van der Waals surface area contributed by atoms with E-state index in [2.05, 4.69) is 20.5 Å². The van der Waals surface area contributed by atoms with Gasteiger partial charge in [0, 0.05) is 6.07 Å². The summed E-state index contributed by atoms with van der Waals surface area (Å²) < 4.78 is 26.2. The molecule has 1 aromatic carbocycles. The van der Waals surface area contributed by atoms with Crippen LogP contribution in [0.2, 0.25) is 5.02 Å². The minimum Gasteiger partial charge on any atom is -0.315 e. The van der Waals surface area contributed by atoms with Gasteiger partial charge in [0.25, 0.3) is 5.91 Å². The van der Waals surface area contributed by atoms with E-state index in [1.54, 1.807) is 6.92 Å². The number of nitrogens with one attached hydrogen (secondary N) is 2. The summed E-state index contributed by atoms with van der Waals surface area (Å²) in [5, 5.41) is 8.00. The minimum absolute atomic E-state index is 0.160. The van der Waals surface area contributed by atoms with Crippen molar-refractivity contribution < 1.29 is 13.6 Å². The number of anilines is 1. The van der Waals surface area contributed by atoms with E-state index >= 15 is 0 Å². The number of aromatic amines is 1. The third-order valence-electron chi connectivity index (χ3n) is 2.05. The molecule has 8 heteroatoms. The molecule has 0 aliphatic rings. The average molecular weight is 273 g/mol. The second-order valence-electron chi connectivity index (χ2n) is 3.44. The standard InChI is InChI=1S/C10H7ClF2N4O/c1-4-14-9(17-16-4)10(18)15-8-6(11)2-5(12)3-7(8)13/h2-3H,1H3,(H,15,18)(H,14,16,17). The molecule has 2 rings (SSSR count). The largest absolute Gasteiger partial charge is 0.315 e. The highest BCUT2D eigenvalue weighted by molar-refractivity contribution is 6.33. The van der Waals surface area contributed by atoms with E-state index in [-0.39, 0.29) is 16.5 Å². The Balaban J connectivity index is 2.27. The first-order chi connectivity index (χ1) is 8.47. The third-order valence-corrected chi connectivity index (χ3v) is 2.34. The molecule has 0 atom stereocenters. The molecule has 2 aromatic rings. The van der Waals surface area contributed by atoms with Crippen molar-refractivity contribution >= 4 is 23.2 Å². The second-order valence-corrected chi connectivity index (χ2v) is 3.85. The van der Waals surface area contributed by atoms with Crippen LogP contribution in [0.3, 0.4) is 0 Å². The third kappa shape index (κ3) is 2.45. The fourth-order valence-corrected chi connectivity index (χ4v) is 1.52. The van der Waals surface area contributed by atoms with Crippen molar-refractivity contribution in [3.63, 3.8) is 0 Å². The zero-order chi connectivity index (χ0) is 13.3. The van der Waals surface area contributed by atoms with E-state index in [1.807, 2.05) is 0 Å². The van der Waals surface area contributed by atoms with E-state index in [4.69, 9.17) is 11.6 Å². The van der Waals surface area contributed by atoms with Crippen molar-refractivity contribution in [3.8, 4) is 0 Å². The van der Waals surface area contributed by atoms with Gasteiger partial charge in [0.2, 0.25) is 5.82 Å². The molecule has 0 fully saturated rings. The Hall–Kier alpha value is -2.02. The number of aryl methyl sites for hydroxylation is 1.